The van der Waals surface area contributed by atoms with Gasteiger partial charge in [-0.15, -0.1) is 10.2 Å². The van der Waals surface area contributed by atoms with Gasteiger partial charge in [0.15, 0.2) is 11.5 Å². The van der Waals surface area contributed by atoms with Crippen molar-refractivity contribution in [3.8, 4) is 11.5 Å². The quantitative estimate of drug-likeness (QED) is 0.395. The molecule has 3 rings (SSSR count). The summed E-state index contributed by atoms with van der Waals surface area (Å²) in [5, 5.41) is 11.6. The van der Waals surface area contributed by atoms with Crippen LogP contribution in [0.1, 0.15) is 23.7 Å². The van der Waals surface area contributed by atoms with E-state index < -0.39 is 0 Å². The van der Waals surface area contributed by atoms with Crippen molar-refractivity contribution in [3.05, 3.63) is 74.1 Å². The lowest BCUT2D eigenvalue weighted by molar-refractivity contribution is 0.269. The zero-order valence-corrected chi connectivity index (χ0v) is 17.6. The van der Waals surface area contributed by atoms with E-state index in [0.29, 0.717) is 30.4 Å². The van der Waals surface area contributed by atoms with Gasteiger partial charge in [0.05, 0.1) is 12.8 Å². The Kier molecular flexibility index (Phi) is 6.96. The van der Waals surface area contributed by atoms with Crippen LogP contribution in [0.3, 0.4) is 0 Å². The van der Waals surface area contributed by atoms with Crippen molar-refractivity contribution in [3.63, 3.8) is 0 Å². The van der Waals surface area contributed by atoms with Gasteiger partial charge in [0, 0.05) is 4.47 Å². The number of halogens is 1. The molecule has 0 saturated heterocycles. The Balaban J connectivity index is 1.68. The summed E-state index contributed by atoms with van der Waals surface area (Å²) < 4.78 is 12.6. The van der Waals surface area contributed by atoms with Crippen molar-refractivity contribution in [1.29, 1.82) is 0 Å². The predicted molar refractivity (Wildman–Crippen MR) is 115 cm³/mol. The molecule has 2 aromatic carbocycles. The van der Waals surface area contributed by atoms with Crippen LogP contribution in [0.25, 0.3) is 0 Å². The number of H-pyrrole nitrogens is 1. The van der Waals surface area contributed by atoms with Crippen molar-refractivity contribution in [1.82, 2.24) is 15.2 Å². The molecule has 1 aromatic heterocycles. The first kappa shape index (κ1) is 20.5. The summed E-state index contributed by atoms with van der Waals surface area (Å²) >= 11 is 3.42. The second kappa shape index (κ2) is 9.83. The number of anilines is 1. The number of hydrazone groups is 1. The molecule has 1 heterocycles. The molecule has 0 bridgehead atoms. The van der Waals surface area contributed by atoms with Crippen LogP contribution in [0.2, 0.25) is 0 Å². The average Bonchev–Trinajstić information content (AvgIpc) is 2.71. The lowest BCUT2D eigenvalue weighted by Crippen LogP contribution is -2.15. The van der Waals surface area contributed by atoms with Crippen LogP contribution in [0.15, 0.2) is 56.8 Å². The number of aromatic amines is 1. The number of hydrogen-bond donors (Lipinski definition) is 2. The molecule has 0 aliphatic carbocycles. The fraction of sp³-hybridized carbons (Fsp3) is 0.200. The van der Waals surface area contributed by atoms with Gasteiger partial charge < -0.3 is 9.47 Å². The molecule has 0 unspecified atom stereocenters. The number of hydrogen-bond acceptors (Lipinski definition) is 7. The smallest absolute Gasteiger partial charge is 0.274 e. The van der Waals surface area contributed by atoms with Crippen molar-refractivity contribution < 1.29 is 9.47 Å². The van der Waals surface area contributed by atoms with Crippen LogP contribution in [-0.2, 0) is 6.61 Å². The molecule has 150 valence electrons. The second-order valence-electron chi connectivity index (χ2n) is 6.01. The highest BCUT2D eigenvalue weighted by Gasteiger charge is 2.07. The number of aryl methyl sites for hydroxylation is 1. The molecule has 0 atom stereocenters. The third kappa shape index (κ3) is 5.89. The van der Waals surface area contributed by atoms with Gasteiger partial charge >= 0.3 is 0 Å². The van der Waals surface area contributed by atoms with Crippen LogP contribution in [0.5, 0.6) is 11.5 Å². The zero-order chi connectivity index (χ0) is 20.6. The first-order chi connectivity index (χ1) is 14.0. The summed E-state index contributed by atoms with van der Waals surface area (Å²) in [6, 6.07) is 13.5. The number of nitrogens with zero attached hydrogens (tertiary/aromatic N) is 3. The monoisotopic (exact) mass is 457 g/mol. The molecular formula is C20H20BrN5O3. The van der Waals surface area contributed by atoms with Gasteiger partial charge in [-0.05, 0) is 55.3 Å². The molecule has 2 N–H and O–H groups in total. The summed E-state index contributed by atoms with van der Waals surface area (Å²) in [4.78, 5) is 14.1. The fourth-order valence-corrected chi connectivity index (χ4v) is 2.61. The van der Waals surface area contributed by atoms with Crippen LogP contribution in [-0.4, -0.2) is 28.0 Å². The average molecular weight is 458 g/mol. The van der Waals surface area contributed by atoms with E-state index in [0.717, 1.165) is 15.6 Å². The van der Waals surface area contributed by atoms with E-state index in [1.807, 2.05) is 49.4 Å². The standard InChI is InChI=1S/C20H20BrN5O3/c1-3-28-18-10-15(11-22-25-20-23-19(27)13(2)24-26-20)6-9-17(18)29-12-14-4-7-16(21)8-5-14/h4-11H,3,12H2,1-2H3,(H2,23,25,26,27)/b22-11+. The normalized spacial score (nSPS) is 10.9. The number of benzene rings is 2. The fourth-order valence-electron chi connectivity index (χ4n) is 2.35. The Morgan fingerprint density at radius 1 is 1.14 bits per heavy atom. The minimum Gasteiger partial charge on any atom is -0.490 e. The highest BCUT2D eigenvalue weighted by molar-refractivity contribution is 9.10. The van der Waals surface area contributed by atoms with Gasteiger partial charge in [-0.3, -0.25) is 9.78 Å². The first-order valence-corrected chi connectivity index (χ1v) is 9.71. The third-order valence-electron chi connectivity index (χ3n) is 3.82. The minimum atomic E-state index is -0.316. The maximum absolute atomic E-state index is 11.5. The van der Waals surface area contributed by atoms with E-state index in [1.54, 1.807) is 13.1 Å². The molecule has 0 aliphatic rings. The number of ether oxygens (including phenoxy) is 2. The highest BCUT2D eigenvalue weighted by atomic mass is 79.9. The van der Waals surface area contributed by atoms with Crippen LogP contribution >= 0.6 is 15.9 Å². The molecule has 8 nitrogen and oxygen atoms in total. The van der Waals surface area contributed by atoms with E-state index >= 15 is 0 Å². The lowest BCUT2D eigenvalue weighted by Gasteiger charge is -2.12. The van der Waals surface area contributed by atoms with E-state index in [-0.39, 0.29) is 11.5 Å². The molecule has 0 saturated carbocycles. The Hall–Kier alpha value is -3.20. The maximum Gasteiger partial charge on any atom is 0.274 e. The largest absolute Gasteiger partial charge is 0.490 e. The maximum atomic E-state index is 11.5. The van der Waals surface area contributed by atoms with E-state index in [9.17, 15) is 4.79 Å². The Morgan fingerprint density at radius 2 is 1.93 bits per heavy atom. The Bertz CT molecular complexity index is 1050. The molecule has 0 fully saturated rings. The first-order valence-electron chi connectivity index (χ1n) is 8.92. The SMILES string of the molecule is CCOc1cc(/C=N/Nc2nnc(C)c(=O)[nH]2)ccc1OCc1ccc(Br)cc1. The topological polar surface area (TPSA) is 101 Å². The Morgan fingerprint density at radius 3 is 2.66 bits per heavy atom. The number of aromatic nitrogens is 3. The van der Waals surface area contributed by atoms with Gasteiger partial charge in [0.25, 0.3) is 5.56 Å². The minimum absolute atomic E-state index is 0.163. The molecular weight excluding hydrogens is 438 g/mol. The van der Waals surface area contributed by atoms with Crippen molar-refractivity contribution in [2.24, 2.45) is 5.10 Å². The van der Waals surface area contributed by atoms with Gasteiger partial charge in [-0.1, -0.05) is 28.1 Å². The molecule has 0 radical (unpaired) electrons. The predicted octanol–water partition coefficient (Wildman–Crippen LogP) is 3.66. The van der Waals surface area contributed by atoms with E-state index in [2.05, 4.69) is 41.6 Å². The second-order valence-corrected chi connectivity index (χ2v) is 6.93. The van der Waals surface area contributed by atoms with Crippen molar-refractivity contribution in [2.45, 2.75) is 20.5 Å². The van der Waals surface area contributed by atoms with Gasteiger partial charge in [0.1, 0.15) is 12.3 Å². The number of nitrogens with one attached hydrogen (secondary N) is 2. The van der Waals surface area contributed by atoms with E-state index in [1.165, 1.54) is 0 Å². The Labute approximate surface area is 176 Å². The molecule has 0 spiro atoms. The van der Waals surface area contributed by atoms with Crippen LogP contribution in [0, 0.1) is 6.92 Å². The van der Waals surface area contributed by atoms with Crippen molar-refractivity contribution >= 4 is 28.1 Å². The highest BCUT2D eigenvalue weighted by Crippen LogP contribution is 2.29. The molecule has 9 heteroatoms. The van der Waals surface area contributed by atoms with Crippen LogP contribution < -0.4 is 20.5 Å². The van der Waals surface area contributed by atoms with Crippen LogP contribution in [0.4, 0.5) is 5.95 Å². The van der Waals surface area contributed by atoms with Gasteiger partial charge in [-0.2, -0.15) is 5.10 Å². The van der Waals surface area contributed by atoms with Crippen molar-refractivity contribution in [2.75, 3.05) is 12.0 Å². The van der Waals surface area contributed by atoms with Gasteiger partial charge in [0.2, 0.25) is 5.95 Å². The summed E-state index contributed by atoms with van der Waals surface area (Å²) in [5.41, 5.74) is 4.46. The lowest BCUT2D eigenvalue weighted by atomic mass is 10.2. The third-order valence-corrected chi connectivity index (χ3v) is 4.35. The summed E-state index contributed by atoms with van der Waals surface area (Å²) in [6.07, 6.45) is 1.58. The molecule has 3 aromatic rings. The summed E-state index contributed by atoms with van der Waals surface area (Å²) in [7, 11) is 0. The molecule has 0 aliphatic heterocycles. The van der Waals surface area contributed by atoms with Gasteiger partial charge in [-0.25, -0.2) is 5.43 Å². The summed E-state index contributed by atoms with van der Waals surface area (Å²) in [5.74, 6) is 1.43. The molecule has 29 heavy (non-hydrogen) atoms. The zero-order valence-electron chi connectivity index (χ0n) is 16.0. The molecule has 0 amide bonds. The van der Waals surface area contributed by atoms with E-state index in [4.69, 9.17) is 9.47 Å². The summed E-state index contributed by atoms with van der Waals surface area (Å²) in [6.45, 7) is 4.43. The number of rotatable bonds is 8.